The maximum Gasteiger partial charge on any atom is 0.251 e. The van der Waals surface area contributed by atoms with E-state index in [1.54, 1.807) is 25.3 Å². The summed E-state index contributed by atoms with van der Waals surface area (Å²) < 4.78 is 18.6. The van der Waals surface area contributed by atoms with Crippen LogP contribution in [-0.2, 0) is 17.8 Å². The van der Waals surface area contributed by atoms with Crippen LogP contribution in [0.2, 0.25) is 0 Å². The summed E-state index contributed by atoms with van der Waals surface area (Å²) in [5.74, 6) is -0.415. The van der Waals surface area contributed by atoms with Gasteiger partial charge in [-0.15, -0.1) is 0 Å². The largest absolute Gasteiger partial charge is 0.380 e. The van der Waals surface area contributed by atoms with Gasteiger partial charge in [-0.25, -0.2) is 4.39 Å². The van der Waals surface area contributed by atoms with E-state index < -0.39 is 0 Å². The number of halogens is 2. The van der Waals surface area contributed by atoms with Crippen LogP contribution in [0.5, 0.6) is 0 Å². The molecule has 0 heterocycles. The van der Waals surface area contributed by atoms with Gasteiger partial charge in [0, 0.05) is 19.2 Å². The number of carbonyl (C=O) groups is 1. The molecule has 0 aliphatic rings. The van der Waals surface area contributed by atoms with Gasteiger partial charge in [0.2, 0.25) is 0 Å². The number of methoxy groups -OCH3 is 1. The first-order chi connectivity index (χ1) is 10.6. The van der Waals surface area contributed by atoms with Crippen LogP contribution in [-0.4, -0.2) is 19.6 Å². The lowest BCUT2D eigenvalue weighted by atomic mass is 10.1. The molecular weight excluding hydrogens is 349 g/mol. The van der Waals surface area contributed by atoms with Gasteiger partial charge < -0.3 is 10.1 Å². The smallest absolute Gasteiger partial charge is 0.251 e. The zero-order valence-corrected chi connectivity index (χ0v) is 13.8. The lowest BCUT2D eigenvalue weighted by molar-refractivity contribution is 0.0954. The number of nitrogens with one attached hydrogen (secondary N) is 1. The summed E-state index contributed by atoms with van der Waals surface area (Å²) in [5.41, 5.74) is 2.52. The number of carbonyl (C=O) groups excluding carboxylic acids is 1. The molecule has 0 radical (unpaired) electrons. The summed E-state index contributed by atoms with van der Waals surface area (Å²) in [4.78, 5) is 12.1. The highest BCUT2D eigenvalue weighted by Gasteiger charge is 2.06. The molecule has 116 valence electrons. The van der Waals surface area contributed by atoms with Gasteiger partial charge in [-0.05, 0) is 57.7 Å². The molecule has 0 aromatic heterocycles. The molecule has 2 aromatic rings. The molecule has 0 saturated carbocycles. The van der Waals surface area contributed by atoms with Crippen LogP contribution in [0.4, 0.5) is 4.39 Å². The average Bonchev–Trinajstić information content (AvgIpc) is 2.51. The third-order valence-corrected chi connectivity index (χ3v) is 3.79. The van der Waals surface area contributed by atoms with Gasteiger partial charge in [0.15, 0.2) is 0 Å². The first-order valence-corrected chi connectivity index (χ1v) is 7.69. The molecule has 0 spiro atoms. The molecular formula is C17H17BrFNO2. The first kappa shape index (κ1) is 16.6. The van der Waals surface area contributed by atoms with E-state index >= 15 is 0 Å². The summed E-state index contributed by atoms with van der Waals surface area (Å²) in [6.45, 7) is 0.968. The van der Waals surface area contributed by atoms with Gasteiger partial charge in [-0.2, -0.15) is 0 Å². The highest BCUT2D eigenvalue weighted by atomic mass is 79.9. The molecule has 0 aliphatic heterocycles. The van der Waals surface area contributed by atoms with E-state index in [-0.39, 0.29) is 11.7 Å². The monoisotopic (exact) mass is 365 g/mol. The fourth-order valence-corrected chi connectivity index (χ4v) is 2.51. The number of amides is 1. The summed E-state index contributed by atoms with van der Waals surface area (Å²) >= 11 is 3.15. The Morgan fingerprint density at radius 2 is 2.05 bits per heavy atom. The summed E-state index contributed by atoms with van der Waals surface area (Å²) in [6.07, 6.45) is 0.641. The van der Waals surface area contributed by atoms with E-state index in [2.05, 4.69) is 21.2 Å². The number of benzene rings is 2. The van der Waals surface area contributed by atoms with Crippen molar-refractivity contribution in [3.05, 3.63) is 69.4 Å². The maximum absolute atomic E-state index is 13.1. The fourth-order valence-electron chi connectivity index (χ4n) is 2.09. The van der Waals surface area contributed by atoms with E-state index in [1.807, 2.05) is 18.2 Å². The van der Waals surface area contributed by atoms with E-state index in [9.17, 15) is 9.18 Å². The predicted octanol–water partition coefficient (Wildman–Crippen LogP) is 3.71. The van der Waals surface area contributed by atoms with Crippen LogP contribution in [0.25, 0.3) is 0 Å². The average molecular weight is 366 g/mol. The molecule has 3 nitrogen and oxygen atoms in total. The summed E-state index contributed by atoms with van der Waals surface area (Å²) in [7, 11) is 1.62. The molecule has 0 atom stereocenters. The topological polar surface area (TPSA) is 38.3 Å². The van der Waals surface area contributed by atoms with Crippen molar-refractivity contribution in [3.8, 4) is 0 Å². The zero-order valence-electron chi connectivity index (χ0n) is 12.2. The van der Waals surface area contributed by atoms with Gasteiger partial charge in [-0.1, -0.05) is 18.2 Å². The minimum atomic E-state index is -0.289. The molecule has 0 saturated heterocycles. The van der Waals surface area contributed by atoms with Crippen LogP contribution in [0, 0.1) is 5.82 Å². The third-order valence-electron chi connectivity index (χ3n) is 3.18. The zero-order chi connectivity index (χ0) is 15.9. The number of hydrogen-bond acceptors (Lipinski definition) is 2. The predicted molar refractivity (Wildman–Crippen MR) is 87.3 cm³/mol. The Morgan fingerprint density at radius 1 is 1.23 bits per heavy atom. The van der Waals surface area contributed by atoms with Crippen LogP contribution in [0.15, 0.2) is 46.9 Å². The van der Waals surface area contributed by atoms with Crippen molar-refractivity contribution >= 4 is 21.8 Å². The molecule has 0 aliphatic carbocycles. The lowest BCUT2D eigenvalue weighted by Crippen LogP contribution is -2.25. The molecule has 0 bridgehead atoms. The molecule has 1 N–H and O–H groups in total. The van der Waals surface area contributed by atoms with Crippen molar-refractivity contribution < 1.29 is 13.9 Å². The minimum Gasteiger partial charge on any atom is -0.380 e. The molecule has 2 aromatic carbocycles. The van der Waals surface area contributed by atoms with Gasteiger partial charge in [-0.3, -0.25) is 4.79 Å². The maximum atomic E-state index is 13.1. The van der Waals surface area contributed by atoms with Crippen LogP contribution in [0.1, 0.15) is 21.5 Å². The van der Waals surface area contributed by atoms with Crippen molar-refractivity contribution in [3.63, 3.8) is 0 Å². The second-order valence-corrected chi connectivity index (χ2v) is 5.74. The van der Waals surface area contributed by atoms with Crippen LogP contribution < -0.4 is 5.32 Å². The highest BCUT2D eigenvalue weighted by molar-refractivity contribution is 9.10. The van der Waals surface area contributed by atoms with Crippen molar-refractivity contribution in [1.29, 1.82) is 0 Å². The van der Waals surface area contributed by atoms with Crippen LogP contribution in [0.3, 0.4) is 0 Å². The number of ether oxygens (including phenoxy) is 1. The van der Waals surface area contributed by atoms with Crippen molar-refractivity contribution in [1.82, 2.24) is 5.32 Å². The molecule has 2 rings (SSSR count). The summed E-state index contributed by atoms with van der Waals surface area (Å²) in [5, 5.41) is 2.86. The molecule has 5 heteroatoms. The van der Waals surface area contributed by atoms with E-state index in [0.717, 1.165) is 11.1 Å². The second-order valence-electron chi connectivity index (χ2n) is 4.89. The van der Waals surface area contributed by atoms with Gasteiger partial charge >= 0.3 is 0 Å². The number of hydrogen-bond donors (Lipinski definition) is 1. The van der Waals surface area contributed by atoms with Gasteiger partial charge in [0.1, 0.15) is 5.82 Å². The Kier molecular flexibility index (Phi) is 6.10. The fraction of sp³-hybridized carbons (Fsp3) is 0.235. The summed E-state index contributed by atoms with van der Waals surface area (Å²) in [6, 6.07) is 12.2. The minimum absolute atomic E-state index is 0.126. The Hall–Kier alpha value is -1.72. The van der Waals surface area contributed by atoms with Crippen molar-refractivity contribution in [2.24, 2.45) is 0 Å². The second kappa shape index (κ2) is 8.06. The van der Waals surface area contributed by atoms with Gasteiger partial charge in [0.05, 0.1) is 11.1 Å². The lowest BCUT2D eigenvalue weighted by Gasteiger charge is -2.07. The SMILES string of the molecule is COCc1cccc(C(=O)NCCc2ccc(F)c(Br)c2)c1. The van der Waals surface area contributed by atoms with Crippen molar-refractivity contribution in [2.45, 2.75) is 13.0 Å². The Morgan fingerprint density at radius 3 is 2.77 bits per heavy atom. The third kappa shape index (κ3) is 4.64. The van der Waals surface area contributed by atoms with Crippen molar-refractivity contribution in [2.75, 3.05) is 13.7 Å². The Labute approximate surface area is 137 Å². The molecule has 1 amide bonds. The normalized spacial score (nSPS) is 10.5. The Balaban J connectivity index is 1.89. The quantitative estimate of drug-likeness (QED) is 0.847. The molecule has 0 fully saturated rings. The van der Waals surface area contributed by atoms with E-state index in [1.165, 1.54) is 6.07 Å². The van der Waals surface area contributed by atoms with Crippen LogP contribution >= 0.6 is 15.9 Å². The highest BCUT2D eigenvalue weighted by Crippen LogP contribution is 2.17. The van der Waals surface area contributed by atoms with E-state index in [0.29, 0.717) is 29.6 Å². The van der Waals surface area contributed by atoms with E-state index in [4.69, 9.17) is 4.74 Å². The van der Waals surface area contributed by atoms with Gasteiger partial charge in [0.25, 0.3) is 5.91 Å². The molecule has 22 heavy (non-hydrogen) atoms. The molecule has 0 unspecified atom stereocenters. The standard InChI is InChI=1S/C17H17BrFNO2/c1-22-11-13-3-2-4-14(9-13)17(21)20-8-7-12-5-6-16(19)15(18)10-12/h2-6,9-10H,7-8,11H2,1H3,(H,20,21). The first-order valence-electron chi connectivity index (χ1n) is 6.90. The number of rotatable bonds is 6. The Bertz CT molecular complexity index is 661.